The molecule has 0 unspecified atom stereocenters. The van der Waals surface area contributed by atoms with Crippen LogP contribution in [0.3, 0.4) is 0 Å². The lowest BCUT2D eigenvalue weighted by Crippen LogP contribution is -2.51. The number of hydrogen-bond donors (Lipinski definition) is 2. The van der Waals surface area contributed by atoms with E-state index in [-0.39, 0.29) is 23.5 Å². The summed E-state index contributed by atoms with van der Waals surface area (Å²) in [6, 6.07) is 10.0. The van der Waals surface area contributed by atoms with Gasteiger partial charge >= 0.3 is 0 Å². The third kappa shape index (κ3) is 2.19. The van der Waals surface area contributed by atoms with E-state index in [9.17, 15) is 15.0 Å². The molecule has 2 N–H and O–H groups in total. The van der Waals surface area contributed by atoms with E-state index in [4.69, 9.17) is 4.98 Å². The van der Waals surface area contributed by atoms with Gasteiger partial charge in [0.15, 0.2) is 5.78 Å². The monoisotopic (exact) mass is 350 g/mol. The molecule has 1 heterocycles. The van der Waals surface area contributed by atoms with Gasteiger partial charge in [0.2, 0.25) is 5.88 Å². The summed E-state index contributed by atoms with van der Waals surface area (Å²) in [6.07, 6.45) is 2.75. The van der Waals surface area contributed by atoms with Crippen LogP contribution in [0.15, 0.2) is 42.2 Å². The number of ketones is 1. The number of allylic oxidation sites excluding steroid dienone is 1. The lowest BCUT2D eigenvalue weighted by atomic mass is 9.52. The first kappa shape index (κ1) is 16.8. The van der Waals surface area contributed by atoms with Gasteiger partial charge in [-0.15, -0.1) is 0 Å². The van der Waals surface area contributed by atoms with Gasteiger partial charge in [0, 0.05) is 22.5 Å². The summed E-state index contributed by atoms with van der Waals surface area (Å²) in [6.45, 7) is 3.70. The van der Waals surface area contributed by atoms with Crippen LogP contribution in [0, 0.1) is 18.8 Å². The molecule has 1 aromatic heterocycles. The summed E-state index contributed by atoms with van der Waals surface area (Å²) >= 11 is 0. The maximum atomic E-state index is 12.7. The van der Waals surface area contributed by atoms with Gasteiger partial charge in [-0.3, -0.25) is 4.79 Å². The lowest BCUT2D eigenvalue weighted by molar-refractivity contribution is -0.123. The van der Waals surface area contributed by atoms with E-state index in [1.54, 1.807) is 6.92 Å². The molecule has 0 saturated heterocycles. The van der Waals surface area contributed by atoms with Crippen LogP contribution in [0.5, 0.6) is 5.88 Å². The van der Waals surface area contributed by atoms with Crippen molar-refractivity contribution in [2.75, 3.05) is 0 Å². The van der Waals surface area contributed by atoms with Crippen LogP contribution in [-0.4, -0.2) is 26.0 Å². The van der Waals surface area contributed by atoms with Crippen LogP contribution in [-0.2, 0) is 16.6 Å². The van der Waals surface area contributed by atoms with E-state index in [2.05, 4.69) is 4.98 Å². The predicted octanol–water partition coefficient (Wildman–Crippen LogP) is 3.39. The quantitative estimate of drug-likeness (QED) is 0.608. The van der Waals surface area contributed by atoms with Crippen molar-refractivity contribution in [1.29, 1.82) is 0 Å². The van der Waals surface area contributed by atoms with Gasteiger partial charge < -0.3 is 10.2 Å². The molecule has 0 amide bonds. The molecular weight excluding hydrogens is 328 g/mol. The second-order valence-electron chi connectivity index (χ2n) is 7.39. The largest absolute Gasteiger partial charge is 0.515 e. The number of aryl methyl sites for hydroxylation is 1. The Morgan fingerprint density at radius 3 is 2.65 bits per heavy atom. The van der Waals surface area contributed by atoms with Crippen LogP contribution >= 0.6 is 0 Å². The number of fused-ring (bicyclic) bond motifs is 3. The Labute approximate surface area is 152 Å². The highest BCUT2D eigenvalue weighted by atomic mass is 16.3. The molecule has 3 atom stereocenters. The van der Waals surface area contributed by atoms with Crippen LogP contribution in [0.1, 0.15) is 42.4 Å². The first-order chi connectivity index (χ1) is 12.5. The molecule has 134 valence electrons. The lowest BCUT2D eigenvalue weighted by Gasteiger charge is -2.50. The Balaban J connectivity index is 2.06. The number of hydrogen-bond acceptors (Lipinski definition) is 5. The van der Waals surface area contributed by atoms with Crippen molar-refractivity contribution in [3.8, 4) is 5.88 Å². The van der Waals surface area contributed by atoms with Crippen molar-refractivity contribution in [1.82, 2.24) is 9.97 Å². The number of rotatable bonds is 1. The standard InChI is InChI=1S/C21H22N2O3/c1-12-17-9-8-16-19(22-13(2)23-20(16)26)21(17,10-14(11-24)18(12)25)15-6-4-3-5-7-15/h3-7,11-12,17,24H,8-10H2,1-2H3,(H,22,23,26)/b14-11-/t12-,17-,21+/m0/s1. The topological polar surface area (TPSA) is 83.3 Å². The highest BCUT2D eigenvalue weighted by Crippen LogP contribution is 2.56. The molecule has 0 bridgehead atoms. The average Bonchev–Trinajstić information content (AvgIpc) is 2.65. The number of benzene rings is 1. The molecule has 2 aromatic rings. The normalized spacial score (nSPS) is 29.3. The summed E-state index contributed by atoms with van der Waals surface area (Å²) in [5.74, 6) is 0.370. The van der Waals surface area contributed by atoms with Crippen LogP contribution in [0.2, 0.25) is 0 Å². The minimum absolute atomic E-state index is 0.00232. The first-order valence-electron chi connectivity index (χ1n) is 8.99. The maximum absolute atomic E-state index is 12.7. The minimum Gasteiger partial charge on any atom is -0.515 e. The van der Waals surface area contributed by atoms with Gasteiger partial charge in [-0.25, -0.2) is 4.98 Å². The zero-order chi connectivity index (χ0) is 18.5. The molecule has 1 fully saturated rings. The van der Waals surface area contributed by atoms with E-state index >= 15 is 0 Å². The van der Waals surface area contributed by atoms with E-state index in [0.29, 0.717) is 24.2 Å². The number of aromatic nitrogens is 2. The van der Waals surface area contributed by atoms with E-state index in [1.807, 2.05) is 37.3 Å². The SMILES string of the molecule is Cc1nc(O)c2c(n1)[C@@]1(c3ccccc3)C/C(=C/O)C(=O)[C@@H](C)[C@@H]1CC2. The maximum Gasteiger partial charge on any atom is 0.217 e. The van der Waals surface area contributed by atoms with E-state index < -0.39 is 5.41 Å². The highest BCUT2D eigenvalue weighted by molar-refractivity contribution is 5.98. The first-order valence-corrected chi connectivity index (χ1v) is 8.99. The van der Waals surface area contributed by atoms with Crippen LogP contribution < -0.4 is 0 Å². The van der Waals surface area contributed by atoms with Crippen molar-refractivity contribution in [3.63, 3.8) is 0 Å². The predicted molar refractivity (Wildman–Crippen MR) is 97.0 cm³/mol. The third-order valence-electron chi connectivity index (χ3n) is 6.11. The number of nitrogens with zero attached hydrogens (tertiary/aromatic N) is 2. The molecule has 26 heavy (non-hydrogen) atoms. The Hall–Kier alpha value is -2.69. The number of carbonyl (C=O) groups is 1. The smallest absolute Gasteiger partial charge is 0.217 e. The zero-order valence-corrected chi connectivity index (χ0v) is 14.9. The fourth-order valence-electron chi connectivity index (χ4n) is 4.95. The number of Topliss-reactive ketones (excluding diaryl/α,β-unsaturated/α-hetero) is 1. The van der Waals surface area contributed by atoms with Crippen molar-refractivity contribution < 1.29 is 15.0 Å². The van der Waals surface area contributed by atoms with Crippen molar-refractivity contribution in [2.24, 2.45) is 11.8 Å². The summed E-state index contributed by atoms with van der Waals surface area (Å²) in [5, 5.41) is 20.2. The Morgan fingerprint density at radius 1 is 1.23 bits per heavy atom. The Kier molecular flexibility index (Phi) is 3.83. The van der Waals surface area contributed by atoms with Gasteiger partial charge in [-0.1, -0.05) is 37.3 Å². The number of aromatic hydroxyl groups is 1. The summed E-state index contributed by atoms with van der Waals surface area (Å²) < 4.78 is 0. The summed E-state index contributed by atoms with van der Waals surface area (Å²) in [5.41, 5.74) is 2.48. The molecule has 5 heteroatoms. The van der Waals surface area contributed by atoms with Crippen LogP contribution in [0.4, 0.5) is 0 Å². The fraction of sp³-hybridized carbons (Fsp3) is 0.381. The molecule has 1 aromatic carbocycles. The second-order valence-corrected chi connectivity index (χ2v) is 7.39. The summed E-state index contributed by atoms with van der Waals surface area (Å²) in [7, 11) is 0. The zero-order valence-electron chi connectivity index (χ0n) is 14.9. The molecule has 0 radical (unpaired) electrons. The minimum atomic E-state index is -0.554. The molecular formula is C21H22N2O3. The van der Waals surface area contributed by atoms with Gasteiger partial charge in [0.05, 0.1) is 12.0 Å². The molecule has 2 aliphatic rings. The van der Waals surface area contributed by atoms with Gasteiger partial charge in [0.1, 0.15) is 5.82 Å². The van der Waals surface area contributed by atoms with Crippen molar-refractivity contribution in [2.45, 2.75) is 38.5 Å². The molecule has 5 nitrogen and oxygen atoms in total. The number of aliphatic hydroxyl groups excluding tert-OH is 1. The Bertz CT molecular complexity index is 907. The number of carbonyl (C=O) groups excluding carboxylic acids is 1. The fourth-order valence-corrected chi connectivity index (χ4v) is 4.95. The van der Waals surface area contributed by atoms with Crippen LogP contribution in [0.25, 0.3) is 0 Å². The van der Waals surface area contributed by atoms with E-state index in [1.165, 1.54) is 0 Å². The second kappa shape index (κ2) is 5.94. The van der Waals surface area contributed by atoms with Gasteiger partial charge in [-0.2, -0.15) is 4.98 Å². The average molecular weight is 350 g/mol. The van der Waals surface area contributed by atoms with Crippen molar-refractivity contribution >= 4 is 5.78 Å². The Morgan fingerprint density at radius 2 is 1.96 bits per heavy atom. The molecule has 2 aliphatic carbocycles. The van der Waals surface area contributed by atoms with Gasteiger partial charge in [-0.05, 0) is 37.7 Å². The highest BCUT2D eigenvalue weighted by Gasteiger charge is 2.55. The van der Waals surface area contributed by atoms with Crippen molar-refractivity contribution in [3.05, 3.63) is 64.8 Å². The summed E-state index contributed by atoms with van der Waals surface area (Å²) in [4.78, 5) is 21.6. The van der Waals surface area contributed by atoms with Gasteiger partial charge in [0.25, 0.3) is 0 Å². The molecule has 0 spiro atoms. The van der Waals surface area contributed by atoms with E-state index in [0.717, 1.165) is 29.5 Å². The third-order valence-corrected chi connectivity index (χ3v) is 6.11. The number of aliphatic hydroxyl groups is 1. The molecule has 0 aliphatic heterocycles. The molecule has 4 rings (SSSR count). The molecule has 1 saturated carbocycles.